The van der Waals surface area contributed by atoms with Gasteiger partial charge in [-0.25, -0.2) is 4.79 Å². The van der Waals surface area contributed by atoms with Crippen LogP contribution in [0.15, 0.2) is 30.3 Å². The van der Waals surface area contributed by atoms with Gasteiger partial charge in [0.05, 0.1) is 26.7 Å². The summed E-state index contributed by atoms with van der Waals surface area (Å²) < 4.78 is 22.0. The first-order valence-electron chi connectivity index (χ1n) is 12.5. The monoisotopic (exact) mass is 508 g/mol. The second kappa shape index (κ2) is 11.5. The molecule has 8 heteroatoms. The summed E-state index contributed by atoms with van der Waals surface area (Å²) in [5, 5.41) is 11.5. The highest BCUT2D eigenvalue weighted by molar-refractivity contribution is 5.98. The Morgan fingerprint density at radius 2 is 1.76 bits per heavy atom. The molecule has 1 N–H and O–H groups in total. The van der Waals surface area contributed by atoms with Gasteiger partial charge in [-0.15, -0.1) is 0 Å². The van der Waals surface area contributed by atoms with E-state index in [4.69, 9.17) is 18.9 Å². The smallest absolute Gasteiger partial charge is 0.342 e. The number of ketones is 1. The van der Waals surface area contributed by atoms with Crippen molar-refractivity contribution in [3.8, 4) is 23.0 Å². The van der Waals surface area contributed by atoms with Gasteiger partial charge in [0.15, 0.2) is 11.5 Å². The van der Waals surface area contributed by atoms with E-state index in [1.165, 1.54) is 14.2 Å². The van der Waals surface area contributed by atoms with Crippen LogP contribution in [0.2, 0.25) is 0 Å². The summed E-state index contributed by atoms with van der Waals surface area (Å²) in [6, 6.07) is 6.86. The van der Waals surface area contributed by atoms with Crippen LogP contribution in [0.1, 0.15) is 84.8 Å². The molecule has 0 aliphatic carbocycles. The van der Waals surface area contributed by atoms with Crippen LogP contribution in [0.5, 0.6) is 23.0 Å². The van der Waals surface area contributed by atoms with Crippen LogP contribution >= 0.6 is 0 Å². The summed E-state index contributed by atoms with van der Waals surface area (Å²) in [7, 11) is 3.05. The molecular formula is C29H32O8. The lowest BCUT2D eigenvalue weighted by molar-refractivity contribution is -0.135. The Morgan fingerprint density at radius 1 is 1.00 bits per heavy atom. The molecule has 0 amide bonds. The number of aromatic hydroxyl groups is 1. The fourth-order valence-electron chi connectivity index (χ4n) is 4.87. The molecule has 8 nitrogen and oxygen atoms in total. The largest absolute Gasteiger partial charge is 0.507 e. The van der Waals surface area contributed by atoms with Gasteiger partial charge in [0.25, 0.3) is 0 Å². The highest BCUT2D eigenvalue weighted by atomic mass is 16.5. The van der Waals surface area contributed by atoms with Gasteiger partial charge in [0.2, 0.25) is 0 Å². The fraction of sp³-hybridized carbons (Fsp3) is 0.414. The first-order valence-corrected chi connectivity index (χ1v) is 12.5. The van der Waals surface area contributed by atoms with E-state index >= 15 is 0 Å². The number of carbonyl (C=O) groups excluding carboxylic acids is 3. The molecule has 0 saturated heterocycles. The first kappa shape index (κ1) is 26.3. The van der Waals surface area contributed by atoms with Gasteiger partial charge in [-0.2, -0.15) is 0 Å². The van der Waals surface area contributed by atoms with Crippen LogP contribution < -0.4 is 14.2 Å². The summed E-state index contributed by atoms with van der Waals surface area (Å²) >= 11 is 0. The van der Waals surface area contributed by atoms with Crippen molar-refractivity contribution in [3.63, 3.8) is 0 Å². The molecule has 0 bridgehead atoms. The Bertz CT molecular complexity index is 1230. The number of hydrogen-bond donors (Lipinski definition) is 1. The molecule has 196 valence electrons. The van der Waals surface area contributed by atoms with Gasteiger partial charge in [0.1, 0.15) is 22.8 Å². The van der Waals surface area contributed by atoms with Crippen LogP contribution in [0.3, 0.4) is 0 Å². The molecule has 37 heavy (non-hydrogen) atoms. The third kappa shape index (κ3) is 5.79. The van der Waals surface area contributed by atoms with Crippen LogP contribution in [0.25, 0.3) is 6.08 Å². The minimum absolute atomic E-state index is 0.0237. The number of ether oxygens (including phenoxy) is 4. The Hall–Kier alpha value is -3.81. The third-order valence-electron chi connectivity index (χ3n) is 6.79. The lowest BCUT2D eigenvalue weighted by Gasteiger charge is -2.28. The summed E-state index contributed by atoms with van der Waals surface area (Å²) in [5.74, 6) is -0.572. The van der Waals surface area contributed by atoms with Crippen molar-refractivity contribution in [2.75, 3.05) is 14.2 Å². The lowest BCUT2D eigenvalue weighted by atomic mass is 9.83. The minimum atomic E-state index is -0.668. The van der Waals surface area contributed by atoms with Gasteiger partial charge < -0.3 is 24.1 Å². The van der Waals surface area contributed by atoms with Crippen LogP contribution in [0.4, 0.5) is 0 Å². The zero-order chi connectivity index (χ0) is 26.5. The number of phenols is 1. The second-order valence-corrected chi connectivity index (χ2v) is 9.39. The van der Waals surface area contributed by atoms with Gasteiger partial charge in [-0.05, 0) is 61.9 Å². The number of benzene rings is 2. The van der Waals surface area contributed by atoms with Crippen LogP contribution in [-0.4, -0.2) is 43.2 Å². The van der Waals surface area contributed by atoms with Crippen molar-refractivity contribution >= 4 is 23.8 Å². The van der Waals surface area contributed by atoms with Gasteiger partial charge in [-0.1, -0.05) is 18.2 Å². The van der Waals surface area contributed by atoms with Crippen LogP contribution in [-0.2, 0) is 14.3 Å². The number of hydrogen-bond acceptors (Lipinski definition) is 8. The second-order valence-electron chi connectivity index (χ2n) is 9.39. The summed E-state index contributed by atoms with van der Waals surface area (Å²) in [6.07, 6.45) is 6.52. The summed E-state index contributed by atoms with van der Waals surface area (Å²) in [4.78, 5) is 38.0. The zero-order valence-corrected chi connectivity index (χ0v) is 21.4. The van der Waals surface area contributed by atoms with Gasteiger partial charge in [-0.3, -0.25) is 9.59 Å². The lowest BCUT2D eigenvalue weighted by Crippen LogP contribution is -2.23. The third-order valence-corrected chi connectivity index (χ3v) is 6.79. The van der Waals surface area contributed by atoms with Crippen molar-refractivity contribution < 1.29 is 38.4 Å². The standard InChI is InChI=1S/C29H32O8/c1-17-8-7-11-20(30)10-6-4-5-9-19-15-24-27(28(32)26(19)29(33)36-17)21(16-25(31)37-24)18-12-13-22(34-2)23(14-18)35-3/h5,9,12-15,17,21,32H,4,6-8,10-11,16H2,1-3H3/b9-5+/t17-,21?/m0/s1. The van der Waals surface area contributed by atoms with E-state index in [0.717, 1.165) is 0 Å². The highest BCUT2D eigenvalue weighted by Crippen LogP contribution is 2.48. The Morgan fingerprint density at radius 3 is 2.51 bits per heavy atom. The molecule has 0 fully saturated rings. The Kier molecular flexibility index (Phi) is 8.16. The predicted molar refractivity (Wildman–Crippen MR) is 136 cm³/mol. The predicted octanol–water partition coefficient (Wildman–Crippen LogP) is 5.33. The molecular weight excluding hydrogens is 476 g/mol. The van der Waals surface area contributed by atoms with Crippen molar-refractivity contribution in [2.24, 2.45) is 0 Å². The number of Topliss-reactive ketones (excluding diaryl/α,β-unsaturated/α-hetero) is 1. The maximum absolute atomic E-state index is 13.3. The Labute approximate surface area is 216 Å². The molecule has 0 radical (unpaired) electrons. The van der Waals surface area contributed by atoms with Crippen molar-refractivity contribution in [1.29, 1.82) is 0 Å². The van der Waals surface area contributed by atoms with Gasteiger partial charge >= 0.3 is 11.9 Å². The fourth-order valence-corrected chi connectivity index (χ4v) is 4.87. The molecule has 2 aliphatic rings. The number of methoxy groups -OCH3 is 2. The number of allylic oxidation sites excluding steroid dienone is 1. The van der Waals surface area contributed by atoms with E-state index in [2.05, 4.69) is 0 Å². The van der Waals surface area contributed by atoms with E-state index in [0.29, 0.717) is 66.7 Å². The Balaban J connectivity index is 1.82. The average Bonchev–Trinajstić information content (AvgIpc) is 2.86. The maximum Gasteiger partial charge on any atom is 0.342 e. The molecule has 2 heterocycles. The van der Waals surface area contributed by atoms with Crippen molar-refractivity contribution in [2.45, 2.75) is 63.9 Å². The van der Waals surface area contributed by atoms with Crippen molar-refractivity contribution in [3.05, 3.63) is 52.6 Å². The molecule has 2 atom stereocenters. The number of phenolic OH excluding ortho intramolecular Hbond substituents is 1. The molecule has 4 rings (SSSR count). The minimum Gasteiger partial charge on any atom is -0.507 e. The number of fused-ring (bicyclic) bond motifs is 2. The molecule has 0 saturated carbocycles. The van der Waals surface area contributed by atoms with E-state index in [1.807, 2.05) is 6.08 Å². The van der Waals surface area contributed by atoms with Gasteiger partial charge in [0, 0.05) is 24.3 Å². The van der Waals surface area contributed by atoms with E-state index in [1.54, 1.807) is 37.3 Å². The first-order chi connectivity index (χ1) is 17.8. The molecule has 2 aromatic carbocycles. The number of rotatable bonds is 3. The van der Waals surface area contributed by atoms with Crippen molar-refractivity contribution in [1.82, 2.24) is 0 Å². The normalized spacial score (nSPS) is 21.5. The van der Waals surface area contributed by atoms with Crippen LogP contribution in [0, 0.1) is 0 Å². The number of carbonyl (C=O) groups is 3. The SMILES string of the molecule is COc1ccc(C2CC(=O)Oc3cc4c(c(O)c32)C(=O)O[C@@H](C)CCCC(=O)CCC/C=C/4)cc1OC. The maximum atomic E-state index is 13.3. The molecule has 0 spiro atoms. The topological polar surface area (TPSA) is 108 Å². The quantitative estimate of drug-likeness (QED) is 0.438. The van der Waals surface area contributed by atoms with E-state index in [9.17, 15) is 19.5 Å². The summed E-state index contributed by atoms with van der Waals surface area (Å²) in [6.45, 7) is 1.77. The van der Waals surface area contributed by atoms with E-state index in [-0.39, 0.29) is 29.3 Å². The number of cyclic esters (lactones) is 1. The molecule has 0 aromatic heterocycles. The van der Waals surface area contributed by atoms with E-state index < -0.39 is 24.0 Å². The molecule has 2 aliphatic heterocycles. The molecule has 1 unspecified atom stereocenters. The summed E-state index contributed by atoms with van der Waals surface area (Å²) in [5.41, 5.74) is 1.46. The molecule has 2 aromatic rings. The number of esters is 2. The average molecular weight is 509 g/mol. The highest BCUT2D eigenvalue weighted by Gasteiger charge is 2.35. The zero-order valence-electron chi connectivity index (χ0n) is 21.4.